The Balaban J connectivity index is 2.34. The van der Waals surface area contributed by atoms with E-state index in [4.69, 9.17) is 23.2 Å². The molecule has 2 aromatic rings. The van der Waals surface area contributed by atoms with Crippen molar-refractivity contribution in [1.29, 1.82) is 0 Å². The van der Waals surface area contributed by atoms with Gasteiger partial charge in [-0.3, -0.25) is 0 Å². The van der Waals surface area contributed by atoms with Gasteiger partial charge in [0.25, 0.3) is 0 Å². The van der Waals surface area contributed by atoms with E-state index in [-0.39, 0.29) is 6.04 Å². The van der Waals surface area contributed by atoms with Crippen LogP contribution in [0, 0.1) is 13.8 Å². The lowest BCUT2D eigenvalue weighted by Crippen LogP contribution is -2.19. The van der Waals surface area contributed by atoms with E-state index in [9.17, 15) is 0 Å². The van der Waals surface area contributed by atoms with Gasteiger partial charge in [0.2, 0.25) is 0 Å². The molecule has 1 nitrogen and oxygen atoms in total. The van der Waals surface area contributed by atoms with Crippen molar-refractivity contribution in [1.82, 2.24) is 5.32 Å². The van der Waals surface area contributed by atoms with Crippen molar-refractivity contribution >= 4 is 23.2 Å². The second-order valence-electron chi connectivity index (χ2n) is 5.18. The van der Waals surface area contributed by atoms with Gasteiger partial charge in [0, 0.05) is 21.7 Å². The lowest BCUT2D eigenvalue weighted by molar-refractivity contribution is 0.592. The van der Waals surface area contributed by atoms with Crippen molar-refractivity contribution in [2.75, 3.05) is 7.05 Å². The molecule has 2 aromatic carbocycles. The maximum atomic E-state index is 6.31. The molecule has 0 spiro atoms. The van der Waals surface area contributed by atoms with Crippen molar-refractivity contribution in [3.05, 3.63) is 68.7 Å². The fourth-order valence-corrected chi connectivity index (χ4v) is 3.28. The first kappa shape index (κ1) is 15.4. The zero-order valence-corrected chi connectivity index (χ0v) is 13.5. The molecule has 0 fully saturated rings. The highest BCUT2D eigenvalue weighted by Gasteiger charge is 2.17. The van der Waals surface area contributed by atoms with Crippen molar-refractivity contribution in [2.45, 2.75) is 26.3 Å². The number of benzene rings is 2. The number of halogens is 2. The standard InChI is InChI=1S/C17H19Cl2N/c1-11-7-12(2)9-13(8-11)10-16(20-3)17-14(18)5-4-6-15(17)19/h4-9,16,20H,10H2,1-3H3. The van der Waals surface area contributed by atoms with Gasteiger partial charge in [0.05, 0.1) is 0 Å². The highest BCUT2D eigenvalue weighted by atomic mass is 35.5. The SMILES string of the molecule is CNC(Cc1cc(C)cc(C)c1)c1c(Cl)cccc1Cl. The number of aryl methyl sites for hydroxylation is 2. The molecule has 0 saturated heterocycles. The number of likely N-dealkylation sites (N-methyl/N-ethyl adjacent to an activating group) is 1. The van der Waals surface area contributed by atoms with Crippen LogP contribution in [0.5, 0.6) is 0 Å². The molecule has 0 amide bonds. The Morgan fingerprint density at radius 1 is 1.00 bits per heavy atom. The van der Waals surface area contributed by atoms with E-state index in [1.807, 2.05) is 25.2 Å². The first-order valence-corrected chi connectivity index (χ1v) is 7.45. The van der Waals surface area contributed by atoms with Crippen molar-refractivity contribution in [3.63, 3.8) is 0 Å². The van der Waals surface area contributed by atoms with Gasteiger partial charge in [-0.1, -0.05) is 58.6 Å². The summed E-state index contributed by atoms with van der Waals surface area (Å²) in [5, 5.41) is 4.74. The summed E-state index contributed by atoms with van der Waals surface area (Å²) in [6.07, 6.45) is 0.864. The normalized spacial score (nSPS) is 12.4. The third kappa shape index (κ3) is 3.54. The molecule has 0 heterocycles. The molecular weight excluding hydrogens is 289 g/mol. The molecule has 1 atom stereocenters. The average molecular weight is 308 g/mol. The quantitative estimate of drug-likeness (QED) is 0.827. The van der Waals surface area contributed by atoms with Gasteiger partial charge < -0.3 is 5.32 Å². The number of rotatable bonds is 4. The fraction of sp³-hybridized carbons (Fsp3) is 0.294. The van der Waals surface area contributed by atoms with Crippen LogP contribution in [-0.4, -0.2) is 7.05 Å². The Kier molecular flexibility index (Phi) is 5.09. The van der Waals surface area contributed by atoms with E-state index in [0.717, 1.165) is 12.0 Å². The van der Waals surface area contributed by atoms with Gasteiger partial charge in [-0.2, -0.15) is 0 Å². The number of hydrogen-bond donors (Lipinski definition) is 1. The summed E-state index contributed by atoms with van der Waals surface area (Å²) in [5.41, 5.74) is 4.82. The smallest absolute Gasteiger partial charge is 0.0468 e. The van der Waals surface area contributed by atoms with E-state index in [1.54, 1.807) is 0 Å². The van der Waals surface area contributed by atoms with E-state index < -0.39 is 0 Å². The van der Waals surface area contributed by atoms with Gasteiger partial charge in [-0.25, -0.2) is 0 Å². The number of nitrogens with one attached hydrogen (secondary N) is 1. The van der Waals surface area contributed by atoms with Crippen LogP contribution in [0.4, 0.5) is 0 Å². The third-order valence-electron chi connectivity index (χ3n) is 3.42. The molecule has 106 valence electrons. The van der Waals surface area contributed by atoms with E-state index >= 15 is 0 Å². The zero-order chi connectivity index (χ0) is 14.7. The van der Waals surface area contributed by atoms with E-state index in [2.05, 4.69) is 37.4 Å². The fourth-order valence-electron chi connectivity index (χ4n) is 2.61. The van der Waals surface area contributed by atoms with Crippen molar-refractivity contribution < 1.29 is 0 Å². The van der Waals surface area contributed by atoms with Crippen LogP contribution in [-0.2, 0) is 6.42 Å². The second-order valence-corrected chi connectivity index (χ2v) is 5.99. The van der Waals surface area contributed by atoms with Crippen LogP contribution in [0.3, 0.4) is 0 Å². The van der Waals surface area contributed by atoms with Crippen LogP contribution >= 0.6 is 23.2 Å². The lowest BCUT2D eigenvalue weighted by Gasteiger charge is -2.20. The van der Waals surface area contributed by atoms with Crippen LogP contribution in [0.1, 0.15) is 28.3 Å². The summed E-state index contributed by atoms with van der Waals surface area (Å²) in [6.45, 7) is 4.24. The summed E-state index contributed by atoms with van der Waals surface area (Å²) >= 11 is 12.6. The minimum Gasteiger partial charge on any atom is -0.313 e. The van der Waals surface area contributed by atoms with Crippen LogP contribution < -0.4 is 5.32 Å². The molecular formula is C17H19Cl2N. The molecule has 0 saturated carbocycles. The summed E-state index contributed by atoms with van der Waals surface area (Å²) in [6, 6.07) is 12.4. The molecule has 1 N–H and O–H groups in total. The first-order valence-electron chi connectivity index (χ1n) is 6.69. The molecule has 0 aliphatic heterocycles. The van der Waals surface area contributed by atoms with E-state index in [0.29, 0.717) is 10.0 Å². The van der Waals surface area contributed by atoms with Crippen LogP contribution in [0.2, 0.25) is 10.0 Å². The first-order chi connectivity index (χ1) is 9.51. The Morgan fingerprint density at radius 3 is 2.05 bits per heavy atom. The highest BCUT2D eigenvalue weighted by molar-refractivity contribution is 6.36. The average Bonchev–Trinajstić information content (AvgIpc) is 2.36. The molecule has 3 heteroatoms. The monoisotopic (exact) mass is 307 g/mol. The minimum absolute atomic E-state index is 0.109. The topological polar surface area (TPSA) is 12.0 Å². The molecule has 0 radical (unpaired) electrons. The lowest BCUT2D eigenvalue weighted by atomic mass is 9.96. The van der Waals surface area contributed by atoms with Gasteiger partial charge in [0.15, 0.2) is 0 Å². The van der Waals surface area contributed by atoms with Gasteiger partial charge in [-0.05, 0) is 45.0 Å². The summed E-state index contributed by atoms with van der Waals surface area (Å²) in [5.74, 6) is 0. The van der Waals surface area contributed by atoms with Gasteiger partial charge >= 0.3 is 0 Å². The Morgan fingerprint density at radius 2 is 1.55 bits per heavy atom. The van der Waals surface area contributed by atoms with Crippen molar-refractivity contribution in [2.24, 2.45) is 0 Å². The number of hydrogen-bond acceptors (Lipinski definition) is 1. The van der Waals surface area contributed by atoms with Gasteiger partial charge in [-0.15, -0.1) is 0 Å². The molecule has 20 heavy (non-hydrogen) atoms. The maximum Gasteiger partial charge on any atom is 0.0468 e. The predicted molar refractivity (Wildman–Crippen MR) is 87.9 cm³/mol. The Labute approximate surface area is 130 Å². The molecule has 2 rings (SSSR count). The third-order valence-corrected chi connectivity index (χ3v) is 4.08. The largest absolute Gasteiger partial charge is 0.313 e. The zero-order valence-electron chi connectivity index (χ0n) is 12.0. The van der Waals surface area contributed by atoms with Crippen LogP contribution in [0.15, 0.2) is 36.4 Å². The highest BCUT2D eigenvalue weighted by Crippen LogP contribution is 2.32. The second kappa shape index (κ2) is 6.62. The molecule has 1 unspecified atom stereocenters. The minimum atomic E-state index is 0.109. The summed E-state index contributed by atoms with van der Waals surface area (Å²) < 4.78 is 0. The predicted octanol–water partition coefficient (Wildman–Crippen LogP) is 5.11. The van der Waals surface area contributed by atoms with E-state index in [1.165, 1.54) is 16.7 Å². The molecule has 0 aliphatic carbocycles. The summed E-state index contributed by atoms with van der Waals surface area (Å²) in [7, 11) is 1.94. The van der Waals surface area contributed by atoms with Gasteiger partial charge in [0.1, 0.15) is 0 Å². The molecule has 0 aliphatic rings. The Bertz CT molecular complexity index is 567. The molecule has 0 bridgehead atoms. The van der Waals surface area contributed by atoms with Crippen molar-refractivity contribution in [3.8, 4) is 0 Å². The van der Waals surface area contributed by atoms with Crippen LogP contribution in [0.25, 0.3) is 0 Å². The Hall–Kier alpha value is -1.02. The maximum absolute atomic E-state index is 6.31. The summed E-state index contributed by atoms with van der Waals surface area (Å²) in [4.78, 5) is 0. The molecule has 0 aromatic heterocycles.